The lowest BCUT2D eigenvalue weighted by Crippen LogP contribution is -1.92. The van der Waals surface area contributed by atoms with E-state index >= 15 is 0 Å². The summed E-state index contributed by atoms with van der Waals surface area (Å²) in [5, 5.41) is 9.69. The second kappa shape index (κ2) is 8.31. The zero-order valence-corrected chi connectivity index (χ0v) is 14.7. The summed E-state index contributed by atoms with van der Waals surface area (Å²) in [5.74, 6) is 0. The molecule has 0 spiro atoms. The van der Waals surface area contributed by atoms with Crippen molar-refractivity contribution < 1.29 is 0 Å². The molecule has 1 heteroatoms. The van der Waals surface area contributed by atoms with Gasteiger partial charge in [0.05, 0.1) is 11.6 Å². The molecule has 0 aliphatic carbocycles. The molecule has 124 valence electrons. The molecule has 0 aliphatic heterocycles. The van der Waals surface area contributed by atoms with Gasteiger partial charge >= 0.3 is 0 Å². The normalized spacial score (nSPS) is 10.4. The number of hydrogen-bond acceptors (Lipinski definition) is 1. The maximum Gasteiger partial charge on any atom is 0.0998 e. The van der Waals surface area contributed by atoms with Crippen molar-refractivity contribution in [2.75, 3.05) is 0 Å². The molecule has 3 rings (SSSR count). The van der Waals surface area contributed by atoms with E-state index < -0.39 is 0 Å². The van der Waals surface area contributed by atoms with Crippen LogP contribution < -0.4 is 0 Å². The molecule has 0 bridgehead atoms. The summed E-state index contributed by atoms with van der Waals surface area (Å²) in [6, 6.07) is 27.4. The van der Waals surface area contributed by atoms with Crippen LogP contribution in [-0.2, 0) is 6.42 Å². The molecule has 0 N–H and O–H groups in total. The van der Waals surface area contributed by atoms with Gasteiger partial charge in [0, 0.05) is 5.56 Å². The molecule has 0 fully saturated rings. The van der Waals surface area contributed by atoms with E-state index in [1.807, 2.05) is 24.3 Å². The lowest BCUT2D eigenvalue weighted by molar-refractivity contribution is 0.717. The Morgan fingerprint density at radius 3 is 2.20 bits per heavy atom. The smallest absolute Gasteiger partial charge is 0.0998 e. The van der Waals surface area contributed by atoms with Crippen LogP contribution in [0, 0.1) is 11.3 Å². The van der Waals surface area contributed by atoms with Gasteiger partial charge in [-0.2, -0.15) is 5.26 Å². The standard InChI is InChI=1S/C24H23N/c1-2-3-5-10-19-15-16-23(21(17-19)18-25)24-14-9-8-13-22(24)20-11-6-4-7-12-20/h4,6-9,11-17H,2-3,5,10H2,1H3. The Morgan fingerprint density at radius 1 is 0.760 bits per heavy atom. The highest BCUT2D eigenvalue weighted by molar-refractivity contribution is 5.85. The molecule has 3 aromatic rings. The van der Waals surface area contributed by atoms with Gasteiger partial charge < -0.3 is 0 Å². The van der Waals surface area contributed by atoms with Gasteiger partial charge in [-0.05, 0) is 41.2 Å². The lowest BCUT2D eigenvalue weighted by Gasteiger charge is -2.12. The minimum Gasteiger partial charge on any atom is -0.192 e. The van der Waals surface area contributed by atoms with E-state index in [4.69, 9.17) is 0 Å². The fourth-order valence-electron chi connectivity index (χ4n) is 3.24. The summed E-state index contributed by atoms with van der Waals surface area (Å²) in [4.78, 5) is 0. The van der Waals surface area contributed by atoms with Gasteiger partial charge in [0.2, 0.25) is 0 Å². The first-order chi connectivity index (χ1) is 12.3. The first kappa shape index (κ1) is 17.0. The fourth-order valence-corrected chi connectivity index (χ4v) is 3.24. The molecule has 0 atom stereocenters. The fraction of sp³-hybridized carbons (Fsp3) is 0.208. The second-order valence-electron chi connectivity index (χ2n) is 6.36. The Bertz CT molecular complexity index is 872. The van der Waals surface area contributed by atoms with Gasteiger partial charge in [-0.15, -0.1) is 0 Å². The summed E-state index contributed by atoms with van der Waals surface area (Å²) >= 11 is 0. The Labute approximate surface area is 150 Å². The summed E-state index contributed by atoms with van der Waals surface area (Å²) in [5.41, 5.74) is 6.49. The third-order valence-corrected chi connectivity index (χ3v) is 4.58. The summed E-state index contributed by atoms with van der Waals surface area (Å²) in [6.07, 6.45) is 4.68. The van der Waals surface area contributed by atoms with Crippen LogP contribution in [0.25, 0.3) is 22.3 Å². The van der Waals surface area contributed by atoms with E-state index in [-0.39, 0.29) is 0 Å². The first-order valence-corrected chi connectivity index (χ1v) is 9.01. The molecular weight excluding hydrogens is 302 g/mol. The highest BCUT2D eigenvalue weighted by Crippen LogP contribution is 2.34. The quantitative estimate of drug-likeness (QED) is 0.467. The number of hydrogen-bond donors (Lipinski definition) is 0. The van der Waals surface area contributed by atoms with Gasteiger partial charge in [0.1, 0.15) is 0 Å². The van der Waals surface area contributed by atoms with Gasteiger partial charge in [0.25, 0.3) is 0 Å². The average Bonchev–Trinajstić information content (AvgIpc) is 2.69. The van der Waals surface area contributed by atoms with Gasteiger partial charge in [-0.1, -0.05) is 86.5 Å². The van der Waals surface area contributed by atoms with Crippen molar-refractivity contribution >= 4 is 0 Å². The van der Waals surface area contributed by atoms with E-state index in [9.17, 15) is 5.26 Å². The summed E-state index contributed by atoms with van der Waals surface area (Å²) in [6.45, 7) is 2.21. The molecule has 1 nitrogen and oxygen atoms in total. The number of benzene rings is 3. The molecule has 25 heavy (non-hydrogen) atoms. The average molecular weight is 325 g/mol. The number of unbranched alkanes of at least 4 members (excludes halogenated alkanes) is 2. The van der Waals surface area contributed by atoms with Crippen molar-refractivity contribution in [3.8, 4) is 28.3 Å². The van der Waals surface area contributed by atoms with Crippen molar-refractivity contribution in [2.45, 2.75) is 32.6 Å². The highest BCUT2D eigenvalue weighted by Gasteiger charge is 2.11. The maximum atomic E-state index is 9.69. The second-order valence-corrected chi connectivity index (χ2v) is 6.36. The van der Waals surface area contributed by atoms with Crippen LogP contribution >= 0.6 is 0 Å². The van der Waals surface area contributed by atoms with Crippen LogP contribution in [0.5, 0.6) is 0 Å². The number of nitrogens with zero attached hydrogens (tertiary/aromatic N) is 1. The van der Waals surface area contributed by atoms with Crippen LogP contribution in [-0.4, -0.2) is 0 Å². The molecule has 0 saturated carbocycles. The van der Waals surface area contributed by atoms with Crippen LogP contribution in [0.4, 0.5) is 0 Å². The van der Waals surface area contributed by atoms with Crippen LogP contribution in [0.3, 0.4) is 0 Å². The molecular formula is C24H23N. The molecule has 0 amide bonds. The van der Waals surface area contributed by atoms with Crippen LogP contribution in [0.2, 0.25) is 0 Å². The Morgan fingerprint density at radius 2 is 1.48 bits per heavy atom. The molecule has 0 heterocycles. The number of aryl methyl sites for hydroxylation is 1. The van der Waals surface area contributed by atoms with Gasteiger partial charge in [0.15, 0.2) is 0 Å². The monoisotopic (exact) mass is 325 g/mol. The summed E-state index contributed by atoms with van der Waals surface area (Å²) < 4.78 is 0. The van der Waals surface area contributed by atoms with Crippen molar-refractivity contribution in [1.29, 1.82) is 5.26 Å². The van der Waals surface area contributed by atoms with Crippen molar-refractivity contribution in [1.82, 2.24) is 0 Å². The Balaban J connectivity index is 2.01. The van der Waals surface area contributed by atoms with E-state index in [2.05, 4.69) is 61.5 Å². The van der Waals surface area contributed by atoms with Crippen molar-refractivity contribution in [2.24, 2.45) is 0 Å². The molecule has 0 aliphatic rings. The minimum absolute atomic E-state index is 0.761. The van der Waals surface area contributed by atoms with E-state index in [0.717, 1.165) is 23.1 Å². The molecule has 0 saturated heterocycles. The number of rotatable bonds is 6. The Hall–Kier alpha value is -2.85. The predicted molar refractivity (Wildman–Crippen MR) is 105 cm³/mol. The molecule has 0 radical (unpaired) electrons. The van der Waals surface area contributed by atoms with E-state index in [1.165, 1.54) is 36.0 Å². The minimum atomic E-state index is 0.761. The molecule has 0 aromatic heterocycles. The third kappa shape index (κ3) is 3.98. The SMILES string of the molecule is CCCCCc1ccc(-c2ccccc2-c2ccccc2)c(C#N)c1. The van der Waals surface area contributed by atoms with Gasteiger partial charge in [-0.25, -0.2) is 0 Å². The van der Waals surface area contributed by atoms with Gasteiger partial charge in [-0.3, -0.25) is 0 Å². The maximum absolute atomic E-state index is 9.69. The molecule has 0 unspecified atom stereocenters. The zero-order valence-electron chi connectivity index (χ0n) is 14.7. The topological polar surface area (TPSA) is 23.8 Å². The summed E-state index contributed by atoms with van der Waals surface area (Å²) in [7, 11) is 0. The third-order valence-electron chi connectivity index (χ3n) is 4.58. The largest absolute Gasteiger partial charge is 0.192 e. The predicted octanol–water partition coefficient (Wildman–Crippen LogP) is 6.62. The van der Waals surface area contributed by atoms with Crippen LogP contribution in [0.1, 0.15) is 37.3 Å². The highest BCUT2D eigenvalue weighted by atomic mass is 14.3. The van der Waals surface area contributed by atoms with E-state index in [1.54, 1.807) is 0 Å². The Kier molecular flexibility index (Phi) is 5.65. The molecule has 3 aromatic carbocycles. The van der Waals surface area contributed by atoms with Crippen molar-refractivity contribution in [3.05, 3.63) is 83.9 Å². The lowest BCUT2D eigenvalue weighted by atomic mass is 9.90. The van der Waals surface area contributed by atoms with E-state index in [0.29, 0.717) is 0 Å². The van der Waals surface area contributed by atoms with Crippen LogP contribution in [0.15, 0.2) is 72.8 Å². The zero-order chi connectivity index (χ0) is 17.5. The van der Waals surface area contributed by atoms with Crippen molar-refractivity contribution in [3.63, 3.8) is 0 Å². The number of nitriles is 1. The first-order valence-electron chi connectivity index (χ1n) is 9.01.